The van der Waals surface area contributed by atoms with Gasteiger partial charge in [0.15, 0.2) is 3.95 Å². The van der Waals surface area contributed by atoms with Crippen LogP contribution in [0.1, 0.15) is 0 Å². The van der Waals surface area contributed by atoms with Gasteiger partial charge in [0, 0.05) is 26.2 Å². The molecule has 1 aromatic carbocycles. The maximum Gasteiger partial charge on any atom is 0.243 e. The molecular formula is C13H15FN4O2S3. The number of sulfonamides is 1. The van der Waals surface area contributed by atoms with E-state index in [-0.39, 0.29) is 4.90 Å². The van der Waals surface area contributed by atoms with Crippen molar-refractivity contribution < 1.29 is 12.8 Å². The third kappa shape index (κ3) is 3.66. The molecule has 23 heavy (non-hydrogen) atoms. The van der Waals surface area contributed by atoms with Gasteiger partial charge in [0.1, 0.15) is 11.3 Å². The second-order valence-corrected chi connectivity index (χ2v) is 8.54. The molecule has 1 aromatic heterocycles. The van der Waals surface area contributed by atoms with Gasteiger partial charge in [0.2, 0.25) is 10.0 Å². The molecule has 0 bridgehead atoms. The van der Waals surface area contributed by atoms with Crippen LogP contribution in [0.5, 0.6) is 0 Å². The summed E-state index contributed by atoms with van der Waals surface area (Å²) in [5.74, 6) is -0.450. The van der Waals surface area contributed by atoms with Crippen molar-refractivity contribution in [3.63, 3.8) is 0 Å². The predicted molar refractivity (Wildman–Crippen MR) is 87.7 cm³/mol. The summed E-state index contributed by atoms with van der Waals surface area (Å²) in [6.07, 6.45) is 0. The molecule has 0 saturated carbocycles. The number of hydrogen-bond donors (Lipinski definition) is 0. The average molecular weight is 374 g/mol. The number of halogens is 1. The van der Waals surface area contributed by atoms with Gasteiger partial charge in [-0.1, -0.05) is 11.3 Å². The Labute approximate surface area is 142 Å². The van der Waals surface area contributed by atoms with E-state index in [1.807, 2.05) is 0 Å². The number of nitrogens with zero attached hydrogens (tertiary/aromatic N) is 4. The van der Waals surface area contributed by atoms with E-state index in [1.165, 1.54) is 27.8 Å². The maximum absolute atomic E-state index is 13.0. The molecule has 2 aromatic rings. The van der Waals surface area contributed by atoms with Crippen molar-refractivity contribution in [2.24, 2.45) is 0 Å². The topological polar surface area (TPSA) is 58.4 Å². The van der Waals surface area contributed by atoms with Crippen LogP contribution in [-0.2, 0) is 16.7 Å². The molecule has 0 spiro atoms. The average Bonchev–Trinajstić information content (AvgIpc) is 2.93. The van der Waals surface area contributed by atoms with E-state index in [2.05, 4.69) is 10.00 Å². The minimum absolute atomic E-state index is 0.120. The Morgan fingerprint density at radius 3 is 2.39 bits per heavy atom. The first-order valence-electron chi connectivity index (χ1n) is 6.95. The van der Waals surface area contributed by atoms with E-state index >= 15 is 0 Å². The molecule has 0 N–H and O–H groups in total. The zero-order valence-corrected chi connectivity index (χ0v) is 14.6. The molecule has 124 valence electrons. The lowest BCUT2D eigenvalue weighted by Gasteiger charge is -2.33. The molecule has 0 aliphatic carbocycles. The van der Waals surface area contributed by atoms with Gasteiger partial charge in [-0.15, -0.1) is 0 Å². The fraction of sp³-hybridized carbons (Fsp3) is 0.385. The van der Waals surface area contributed by atoms with E-state index in [1.54, 1.807) is 10.2 Å². The Balaban J connectivity index is 1.65. The fourth-order valence-electron chi connectivity index (χ4n) is 2.38. The first-order chi connectivity index (χ1) is 11.0. The summed E-state index contributed by atoms with van der Waals surface area (Å²) in [7, 11) is -3.57. The van der Waals surface area contributed by atoms with Crippen molar-refractivity contribution in [3.8, 4) is 0 Å². The van der Waals surface area contributed by atoms with Gasteiger partial charge in [0.25, 0.3) is 0 Å². The summed E-state index contributed by atoms with van der Waals surface area (Å²) >= 11 is 6.57. The Hall–Kier alpha value is -1.20. The molecule has 10 heteroatoms. The Morgan fingerprint density at radius 2 is 1.83 bits per heavy atom. The zero-order valence-electron chi connectivity index (χ0n) is 12.1. The highest BCUT2D eigenvalue weighted by atomic mass is 32.2. The lowest BCUT2D eigenvalue weighted by Crippen LogP contribution is -2.48. The van der Waals surface area contributed by atoms with Crippen molar-refractivity contribution in [3.05, 3.63) is 39.5 Å². The standard InChI is InChI=1S/C13H15FN4O2S3/c14-11-1-3-12(4-2-11)23(19,20)17-7-5-16(6-8-17)10-18-13(21)22-9-15-18/h1-4,9H,5-8,10H2. The van der Waals surface area contributed by atoms with E-state index in [4.69, 9.17) is 12.2 Å². The number of hydrogen-bond acceptors (Lipinski definition) is 6. The van der Waals surface area contributed by atoms with Crippen LogP contribution in [0, 0.1) is 9.77 Å². The number of rotatable bonds is 4. The first kappa shape index (κ1) is 16.7. The van der Waals surface area contributed by atoms with Gasteiger partial charge in [-0.2, -0.15) is 9.40 Å². The van der Waals surface area contributed by atoms with Crippen LogP contribution in [-0.4, -0.2) is 53.6 Å². The number of aromatic nitrogens is 2. The number of benzene rings is 1. The van der Waals surface area contributed by atoms with Crippen LogP contribution in [0.3, 0.4) is 0 Å². The fourth-order valence-corrected chi connectivity index (χ4v) is 4.52. The van der Waals surface area contributed by atoms with Gasteiger partial charge in [-0.05, 0) is 36.5 Å². The monoisotopic (exact) mass is 374 g/mol. The second-order valence-electron chi connectivity index (χ2n) is 5.12. The minimum atomic E-state index is -3.57. The van der Waals surface area contributed by atoms with Crippen LogP contribution >= 0.6 is 23.6 Å². The Morgan fingerprint density at radius 1 is 1.17 bits per heavy atom. The number of piperazine rings is 1. The first-order valence-corrected chi connectivity index (χ1v) is 9.68. The van der Waals surface area contributed by atoms with Crippen molar-refractivity contribution >= 4 is 33.6 Å². The van der Waals surface area contributed by atoms with Crippen LogP contribution in [0.15, 0.2) is 34.7 Å². The summed E-state index contributed by atoms with van der Waals surface area (Å²) in [4.78, 5) is 2.22. The summed E-state index contributed by atoms with van der Waals surface area (Å²) in [6, 6.07) is 4.91. The highest BCUT2D eigenvalue weighted by Crippen LogP contribution is 2.18. The Bertz CT molecular complexity index is 823. The van der Waals surface area contributed by atoms with Crippen LogP contribution in [0.25, 0.3) is 0 Å². The molecule has 0 radical (unpaired) electrons. The zero-order chi connectivity index (χ0) is 16.4. The SMILES string of the molecule is O=S(=O)(c1ccc(F)cc1)N1CCN(Cn2ncsc2=S)CC1. The van der Waals surface area contributed by atoms with Crippen molar-refractivity contribution in [1.29, 1.82) is 0 Å². The largest absolute Gasteiger partial charge is 0.282 e. The van der Waals surface area contributed by atoms with Gasteiger partial charge in [-0.3, -0.25) is 4.90 Å². The van der Waals surface area contributed by atoms with Crippen LogP contribution in [0.4, 0.5) is 4.39 Å². The van der Waals surface area contributed by atoms with Crippen molar-refractivity contribution in [2.75, 3.05) is 26.2 Å². The normalized spacial score (nSPS) is 17.4. The van der Waals surface area contributed by atoms with E-state index in [0.29, 0.717) is 36.8 Å². The molecule has 1 fully saturated rings. The molecule has 0 unspecified atom stereocenters. The predicted octanol–water partition coefficient (Wildman–Crippen LogP) is 1.78. The van der Waals surface area contributed by atoms with Crippen LogP contribution in [0.2, 0.25) is 0 Å². The molecule has 1 aliphatic rings. The van der Waals surface area contributed by atoms with Gasteiger partial charge in [-0.25, -0.2) is 17.5 Å². The van der Waals surface area contributed by atoms with Gasteiger partial charge in [0.05, 0.1) is 11.6 Å². The third-order valence-electron chi connectivity index (χ3n) is 3.67. The highest BCUT2D eigenvalue weighted by molar-refractivity contribution is 7.89. The molecular weight excluding hydrogens is 359 g/mol. The van der Waals surface area contributed by atoms with Crippen molar-refractivity contribution in [1.82, 2.24) is 19.0 Å². The summed E-state index contributed by atoms with van der Waals surface area (Å²) < 4.78 is 41.9. The summed E-state index contributed by atoms with van der Waals surface area (Å²) in [6.45, 7) is 2.53. The molecule has 1 saturated heterocycles. The highest BCUT2D eigenvalue weighted by Gasteiger charge is 2.28. The van der Waals surface area contributed by atoms with E-state index < -0.39 is 15.8 Å². The molecule has 3 rings (SSSR count). The summed E-state index contributed by atoms with van der Waals surface area (Å²) in [5.41, 5.74) is 1.69. The molecule has 1 aliphatic heterocycles. The lowest BCUT2D eigenvalue weighted by molar-refractivity contribution is 0.145. The van der Waals surface area contributed by atoms with Crippen LogP contribution < -0.4 is 0 Å². The van der Waals surface area contributed by atoms with Gasteiger partial charge >= 0.3 is 0 Å². The Kier molecular flexibility index (Phi) is 4.87. The van der Waals surface area contributed by atoms with Gasteiger partial charge < -0.3 is 0 Å². The quantitative estimate of drug-likeness (QED) is 0.764. The maximum atomic E-state index is 13.0. The molecule has 0 amide bonds. The second kappa shape index (κ2) is 6.73. The van der Waals surface area contributed by atoms with E-state index in [9.17, 15) is 12.8 Å². The lowest BCUT2D eigenvalue weighted by atomic mass is 10.4. The molecule has 2 heterocycles. The van der Waals surface area contributed by atoms with Crippen molar-refractivity contribution in [2.45, 2.75) is 11.6 Å². The molecule has 6 nitrogen and oxygen atoms in total. The smallest absolute Gasteiger partial charge is 0.243 e. The molecule has 0 atom stereocenters. The summed E-state index contributed by atoms with van der Waals surface area (Å²) in [5, 5.41) is 4.16. The minimum Gasteiger partial charge on any atom is -0.282 e. The van der Waals surface area contributed by atoms with E-state index in [0.717, 1.165) is 12.1 Å². The third-order valence-corrected chi connectivity index (χ3v) is 6.69.